The van der Waals surface area contributed by atoms with Crippen molar-refractivity contribution in [3.05, 3.63) is 70.8 Å². The van der Waals surface area contributed by atoms with Crippen molar-refractivity contribution in [2.45, 2.75) is 13.1 Å². The molecule has 8 nitrogen and oxygen atoms in total. The highest BCUT2D eigenvalue weighted by atomic mass is 16.7. The zero-order valence-corrected chi connectivity index (χ0v) is 14.8. The second kappa shape index (κ2) is 6.41. The summed E-state index contributed by atoms with van der Waals surface area (Å²) in [5.41, 5.74) is 1.96. The van der Waals surface area contributed by atoms with Gasteiger partial charge in [0.1, 0.15) is 18.4 Å². The minimum absolute atomic E-state index is 0.151. The number of amides is 1. The molecule has 1 amide bonds. The van der Waals surface area contributed by atoms with Crippen LogP contribution in [-0.4, -0.2) is 26.9 Å². The van der Waals surface area contributed by atoms with Crippen LogP contribution in [0, 0.1) is 0 Å². The molecule has 1 N–H and O–H groups in total. The molecule has 0 atom stereocenters. The number of rotatable bonds is 4. The average Bonchev–Trinajstić information content (AvgIpc) is 3.33. The van der Waals surface area contributed by atoms with Crippen LogP contribution in [0.15, 0.2) is 59.7 Å². The lowest BCUT2D eigenvalue weighted by Crippen LogP contribution is -2.33. The number of hydrogen-bond acceptors (Lipinski definition) is 5. The van der Waals surface area contributed by atoms with Crippen LogP contribution in [0.5, 0.6) is 11.5 Å². The molecule has 5 rings (SSSR count). The van der Waals surface area contributed by atoms with Crippen LogP contribution in [0.3, 0.4) is 0 Å². The van der Waals surface area contributed by atoms with Crippen molar-refractivity contribution in [2.24, 2.45) is 0 Å². The number of carbonyl (C=O) groups is 1. The summed E-state index contributed by atoms with van der Waals surface area (Å²) >= 11 is 0. The van der Waals surface area contributed by atoms with Gasteiger partial charge in [-0.05, 0) is 29.8 Å². The Bertz CT molecular complexity index is 1270. The van der Waals surface area contributed by atoms with Crippen LogP contribution in [0.2, 0.25) is 0 Å². The van der Waals surface area contributed by atoms with E-state index in [2.05, 4.69) is 10.4 Å². The second-order valence-electron chi connectivity index (χ2n) is 6.52. The van der Waals surface area contributed by atoms with Crippen molar-refractivity contribution in [2.75, 3.05) is 6.79 Å². The average molecular weight is 376 g/mol. The van der Waals surface area contributed by atoms with Gasteiger partial charge in [0.2, 0.25) is 12.7 Å². The number of benzene rings is 2. The first-order chi connectivity index (χ1) is 13.7. The molecule has 2 aromatic carbocycles. The van der Waals surface area contributed by atoms with Crippen molar-refractivity contribution in [1.82, 2.24) is 19.5 Å². The lowest BCUT2D eigenvalue weighted by Gasteiger charge is -2.08. The molecule has 2 aromatic heterocycles. The van der Waals surface area contributed by atoms with Crippen LogP contribution in [0.25, 0.3) is 16.4 Å². The van der Waals surface area contributed by atoms with E-state index in [1.54, 1.807) is 22.9 Å². The molecule has 0 fully saturated rings. The number of aromatic nitrogens is 3. The molecule has 0 radical (unpaired) electrons. The molecule has 8 heteroatoms. The van der Waals surface area contributed by atoms with Crippen molar-refractivity contribution in [3.8, 4) is 11.5 Å². The fourth-order valence-electron chi connectivity index (χ4n) is 3.32. The Hall–Kier alpha value is -3.81. The van der Waals surface area contributed by atoms with Crippen LogP contribution in [0.1, 0.15) is 5.56 Å². The van der Waals surface area contributed by atoms with E-state index in [4.69, 9.17) is 9.47 Å². The number of carbonyl (C=O) groups excluding carboxylic acids is 1. The number of fused-ring (bicyclic) bond motifs is 4. The molecule has 28 heavy (non-hydrogen) atoms. The Labute approximate surface area is 158 Å². The predicted octanol–water partition coefficient (Wildman–Crippen LogP) is 1.69. The van der Waals surface area contributed by atoms with E-state index in [9.17, 15) is 9.59 Å². The van der Waals surface area contributed by atoms with E-state index < -0.39 is 0 Å². The standard InChI is InChI=1S/C20H16N4O4/c25-19(21-9-13-5-6-17-18(7-13)28-12-27-17)10-24-20(26)16-8-14-3-1-2-4-15(14)23(16)11-22-24/h1-8,11H,9-10,12H2,(H,21,25). The van der Waals surface area contributed by atoms with Gasteiger partial charge in [0.25, 0.3) is 5.56 Å². The smallest absolute Gasteiger partial charge is 0.291 e. The molecule has 0 aliphatic carbocycles. The van der Waals surface area contributed by atoms with Crippen molar-refractivity contribution in [3.63, 3.8) is 0 Å². The van der Waals surface area contributed by atoms with E-state index in [-0.39, 0.29) is 24.8 Å². The van der Waals surface area contributed by atoms with Gasteiger partial charge in [0.05, 0.1) is 5.52 Å². The Morgan fingerprint density at radius 2 is 1.93 bits per heavy atom. The molecule has 0 spiro atoms. The largest absolute Gasteiger partial charge is 0.454 e. The lowest BCUT2D eigenvalue weighted by molar-refractivity contribution is -0.122. The Kier molecular flexibility index (Phi) is 3.75. The van der Waals surface area contributed by atoms with Gasteiger partial charge in [-0.3, -0.25) is 14.0 Å². The minimum Gasteiger partial charge on any atom is -0.454 e. The third-order valence-electron chi connectivity index (χ3n) is 4.73. The van der Waals surface area contributed by atoms with E-state index in [1.165, 1.54) is 4.68 Å². The van der Waals surface area contributed by atoms with Gasteiger partial charge in [0, 0.05) is 11.9 Å². The molecule has 3 heterocycles. The fraction of sp³-hybridized carbons (Fsp3) is 0.150. The van der Waals surface area contributed by atoms with Crippen LogP contribution >= 0.6 is 0 Å². The number of ether oxygens (including phenoxy) is 2. The molecule has 140 valence electrons. The topological polar surface area (TPSA) is 86.9 Å². The summed E-state index contributed by atoms with van der Waals surface area (Å²) in [6.45, 7) is 0.375. The predicted molar refractivity (Wildman–Crippen MR) is 101 cm³/mol. The summed E-state index contributed by atoms with van der Waals surface area (Å²) in [6, 6.07) is 15.0. The van der Waals surface area contributed by atoms with E-state index >= 15 is 0 Å². The second-order valence-corrected chi connectivity index (χ2v) is 6.52. The molecular weight excluding hydrogens is 360 g/mol. The first kappa shape index (κ1) is 16.4. The summed E-state index contributed by atoms with van der Waals surface area (Å²) < 4.78 is 13.5. The number of hydrogen-bond donors (Lipinski definition) is 1. The van der Waals surface area contributed by atoms with Gasteiger partial charge < -0.3 is 14.8 Å². The maximum absolute atomic E-state index is 12.7. The van der Waals surface area contributed by atoms with Gasteiger partial charge >= 0.3 is 0 Å². The quantitative estimate of drug-likeness (QED) is 0.586. The van der Waals surface area contributed by atoms with Crippen LogP contribution in [-0.2, 0) is 17.9 Å². The Morgan fingerprint density at radius 1 is 1.07 bits per heavy atom. The fourth-order valence-corrected chi connectivity index (χ4v) is 3.32. The highest BCUT2D eigenvalue weighted by molar-refractivity contribution is 5.86. The molecule has 4 aromatic rings. The molecule has 0 unspecified atom stereocenters. The van der Waals surface area contributed by atoms with Crippen molar-refractivity contribution >= 4 is 22.3 Å². The van der Waals surface area contributed by atoms with E-state index in [0.717, 1.165) is 16.5 Å². The maximum atomic E-state index is 12.7. The number of para-hydroxylation sites is 1. The number of nitrogens with zero attached hydrogens (tertiary/aromatic N) is 3. The zero-order chi connectivity index (χ0) is 19.1. The molecule has 1 aliphatic heterocycles. The van der Waals surface area contributed by atoms with Gasteiger partial charge in [-0.2, -0.15) is 5.10 Å². The van der Waals surface area contributed by atoms with Gasteiger partial charge in [0.15, 0.2) is 11.5 Å². The molecule has 0 saturated heterocycles. The highest BCUT2D eigenvalue weighted by Crippen LogP contribution is 2.32. The summed E-state index contributed by atoms with van der Waals surface area (Å²) in [5, 5.41) is 7.89. The first-order valence-electron chi connectivity index (χ1n) is 8.80. The highest BCUT2D eigenvalue weighted by Gasteiger charge is 2.14. The molecule has 1 aliphatic rings. The van der Waals surface area contributed by atoms with Gasteiger partial charge in [-0.1, -0.05) is 24.3 Å². The van der Waals surface area contributed by atoms with Crippen molar-refractivity contribution in [1.29, 1.82) is 0 Å². The Morgan fingerprint density at radius 3 is 2.86 bits per heavy atom. The van der Waals surface area contributed by atoms with Gasteiger partial charge in [-0.25, -0.2) is 4.68 Å². The SMILES string of the molecule is O=C(Cn1ncn2c(cc3ccccc32)c1=O)NCc1ccc2c(c1)OCO2. The summed E-state index contributed by atoms with van der Waals surface area (Å²) in [4.78, 5) is 25.0. The van der Waals surface area contributed by atoms with Crippen molar-refractivity contribution < 1.29 is 14.3 Å². The molecular formula is C20H16N4O4. The summed E-state index contributed by atoms with van der Waals surface area (Å²) in [6.07, 6.45) is 1.56. The normalized spacial score (nSPS) is 12.6. The number of nitrogens with one attached hydrogen (secondary N) is 1. The van der Waals surface area contributed by atoms with Crippen LogP contribution < -0.4 is 20.3 Å². The summed E-state index contributed by atoms with van der Waals surface area (Å²) in [5.74, 6) is 1.06. The lowest BCUT2D eigenvalue weighted by atomic mass is 10.2. The Balaban J connectivity index is 1.33. The minimum atomic E-state index is -0.308. The van der Waals surface area contributed by atoms with E-state index in [0.29, 0.717) is 23.6 Å². The van der Waals surface area contributed by atoms with E-state index in [1.807, 2.05) is 36.4 Å². The summed E-state index contributed by atoms with van der Waals surface area (Å²) in [7, 11) is 0. The first-order valence-corrected chi connectivity index (χ1v) is 8.80. The monoisotopic (exact) mass is 376 g/mol. The van der Waals surface area contributed by atoms with Crippen LogP contribution in [0.4, 0.5) is 0 Å². The third-order valence-corrected chi connectivity index (χ3v) is 4.73. The molecule has 0 bridgehead atoms. The maximum Gasteiger partial charge on any atom is 0.291 e. The zero-order valence-electron chi connectivity index (χ0n) is 14.8. The molecule has 0 saturated carbocycles. The van der Waals surface area contributed by atoms with Gasteiger partial charge in [-0.15, -0.1) is 0 Å². The third kappa shape index (κ3) is 2.75.